The molecule has 1 amide bonds. The highest BCUT2D eigenvalue weighted by atomic mass is 16.5. The van der Waals surface area contributed by atoms with Gasteiger partial charge in [-0.2, -0.15) is 0 Å². The van der Waals surface area contributed by atoms with Crippen molar-refractivity contribution >= 4 is 17.7 Å². The van der Waals surface area contributed by atoms with Crippen LogP contribution in [0, 0.1) is 6.92 Å². The number of phenols is 1. The van der Waals surface area contributed by atoms with Crippen molar-refractivity contribution in [3.05, 3.63) is 71.5 Å². The van der Waals surface area contributed by atoms with Gasteiger partial charge in [-0.1, -0.05) is 41.6 Å². The average Bonchev–Trinajstić information content (AvgIpc) is 3.11. The maximum Gasteiger partial charge on any atom is 0.343 e. The number of benzene rings is 2. The number of nitrogens with zero attached hydrogens (tertiary/aromatic N) is 1. The SMILES string of the molecule is COc1cccc(C(=O)OC(C(=O)Nc2cc(C)on2)c2ccccc2)c1O. The number of aryl methyl sites for hydroxylation is 1. The summed E-state index contributed by atoms with van der Waals surface area (Å²) in [5, 5.41) is 16.4. The van der Waals surface area contributed by atoms with Crippen molar-refractivity contribution in [3.63, 3.8) is 0 Å². The predicted octanol–water partition coefficient (Wildman–Crippen LogP) is 3.23. The maximum atomic E-state index is 12.7. The zero-order valence-electron chi connectivity index (χ0n) is 15.2. The topological polar surface area (TPSA) is 111 Å². The monoisotopic (exact) mass is 382 g/mol. The van der Waals surface area contributed by atoms with E-state index in [9.17, 15) is 14.7 Å². The van der Waals surface area contributed by atoms with Crippen molar-refractivity contribution in [2.24, 2.45) is 0 Å². The molecule has 0 saturated carbocycles. The zero-order valence-corrected chi connectivity index (χ0v) is 15.2. The number of carbonyl (C=O) groups excluding carboxylic acids is 2. The van der Waals surface area contributed by atoms with Gasteiger partial charge in [-0.3, -0.25) is 4.79 Å². The second kappa shape index (κ2) is 8.26. The summed E-state index contributed by atoms with van der Waals surface area (Å²) in [6.45, 7) is 1.68. The fourth-order valence-corrected chi connectivity index (χ4v) is 2.54. The lowest BCUT2D eigenvalue weighted by Gasteiger charge is -2.18. The number of phenolic OH excluding ortho intramolecular Hbond substituents is 1. The summed E-state index contributed by atoms with van der Waals surface area (Å²) in [6, 6.07) is 14.4. The second-order valence-corrected chi connectivity index (χ2v) is 5.86. The number of esters is 1. The molecule has 1 atom stereocenters. The lowest BCUT2D eigenvalue weighted by atomic mass is 10.1. The molecular weight excluding hydrogens is 364 g/mol. The molecule has 2 aromatic carbocycles. The zero-order chi connectivity index (χ0) is 20.1. The van der Waals surface area contributed by atoms with Crippen LogP contribution < -0.4 is 10.1 Å². The van der Waals surface area contributed by atoms with Crippen LogP contribution in [-0.4, -0.2) is 29.2 Å². The van der Waals surface area contributed by atoms with E-state index in [2.05, 4.69) is 10.5 Å². The first-order valence-corrected chi connectivity index (χ1v) is 8.35. The van der Waals surface area contributed by atoms with Gasteiger partial charge in [-0.15, -0.1) is 0 Å². The van der Waals surface area contributed by atoms with Gasteiger partial charge in [-0.05, 0) is 19.1 Å². The van der Waals surface area contributed by atoms with Crippen molar-refractivity contribution in [2.75, 3.05) is 12.4 Å². The molecule has 3 rings (SSSR count). The molecular formula is C20H18N2O6. The molecule has 28 heavy (non-hydrogen) atoms. The van der Waals surface area contributed by atoms with Gasteiger partial charge in [0.1, 0.15) is 11.3 Å². The number of ether oxygens (including phenoxy) is 2. The van der Waals surface area contributed by atoms with Gasteiger partial charge >= 0.3 is 5.97 Å². The average molecular weight is 382 g/mol. The minimum Gasteiger partial charge on any atom is -0.504 e. The van der Waals surface area contributed by atoms with Gasteiger partial charge in [0.25, 0.3) is 5.91 Å². The van der Waals surface area contributed by atoms with E-state index < -0.39 is 18.0 Å². The molecule has 1 unspecified atom stereocenters. The van der Waals surface area contributed by atoms with E-state index in [-0.39, 0.29) is 22.9 Å². The third kappa shape index (κ3) is 4.12. The van der Waals surface area contributed by atoms with Gasteiger partial charge < -0.3 is 24.4 Å². The summed E-state index contributed by atoms with van der Waals surface area (Å²) >= 11 is 0. The fraction of sp³-hybridized carbons (Fsp3) is 0.150. The first-order valence-electron chi connectivity index (χ1n) is 8.35. The summed E-state index contributed by atoms with van der Waals surface area (Å²) in [5.74, 6) is -1.02. The number of aromatic hydroxyl groups is 1. The van der Waals surface area contributed by atoms with Crippen molar-refractivity contribution < 1.29 is 28.7 Å². The first-order chi connectivity index (χ1) is 13.5. The van der Waals surface area contributed by atoms with Crippen LogP contribution in [0.3, 0.4) is 0 Å². The van der Waals surface area contributed by atoms with E-state index in [0.717, 1.165) is 0 Å². The smallest absolute Gasteiger partial charge is 0.343 e. The number of rotatable bonds is 6. The highest BCUT2D eigenvalue weighted by Crippen LogP contribution is 2.31. The number of anilines is 1. The van der Waals surface area contributed by atoms with Gasteiger partial charge in [-0.25, -0.2) is 4.79 Å². The van der Waals surface area contributed by atoms with Crippen LogP contribution in [0.5, 0.6) is 11.5 Å². The molecule has 1 aromatic heterocycles. The Kier molecular flexibility index (Phi) is 5.59. The molecule has 0 spiro atoms. The van der Waals surface area contributed by atoms with Crippen molar-refractivity contribution in [2.45, 2.75) is 13.0 Å². The van der Waals surface area contributed by atoms with Gasteiger partial charge in [0.15, 0.2) is 17.3 Å². The number of para-hydroxylation sites is 1. The van der Waals surface area contributed by atoms with Gasteiger partial charge in [0, 0.05) is 11.6 Å². The van der Waals surface area contributed by atoms with E-state index in [0.29, 0.717) is 11.3 Å². The van der Waals surface area contributed by atoms with E-state index in [1.165, 1.54) is 31.4 Å². The molecule has 1 heterocycles. The van der Waals surface area contributed by atoms with E-state index in [4.69, 9.17) is 14.0 Å². The lowest BCUT2D eigenvalue weighted by molar-refractivity contribution is -0.125. The predicted molar refractivity (Wildman–Crippen MR) is 99.1 cm³/mol. The molecule has 8 heteroatoms. The molecule has 0 radical (unpaired) electrons. The Labute approximate surface area is 160 Å². The van der Waals surface area contributed by atoms with Crippen LogP contribution in [-0.2, 0) is 9.53 Å². The minimum absolute atomic E-state index is 0.119. The number of carbonyl (C=O) groups is 2. The van der Waals surface area contributed by atoms with Gasteiger partial charge in [0.2, 0.25) is 6.10 Å². The van der Waals surface area contributed by atoms with Crippen molar-refractivity contribution in [1.29, 1.82) is 0 Å². The molecule has 0 aliphatic carbocycles. The van der Waals surface area contributed by atoms with Crippen LogP contribution in [0.2, 0.25) is 0 Å². The maximum absolute atomic E-state index is 12.7. The fourth-order valence-electron chi connectivity index (χ4n) is 2.54. The summed E-state index contributed by atoms with van der Waals surface area (Å²) in [4.78, 5) is 25.4. The summed E-state index contributed by atoms with van der Waals surface area (Å²) < 4.78 is 15.3. The first kappa shape index (κ1) is 19.0. The van der Waals surface area contributed by atoms with Crippen molar-refractivity contribution in [1.82, 2.24) is 5.16 Å². The van der Waals surface area contributed by atoms with Crippen LogP contribution in [0.1, 0.15) is 27.8 Å². The van der Waals surface area contributed by atoms with E-state index in [1.54, 1.807) is 37.3 Å². The van der Waals surface area contributed by atoms with Crippen LogP contribution in [0.25, 0.3) is 0 Å². The Hall–Kier alpha value is -3.81. The number of hydrogen-bond donors (Lipinski definition) is 2. The van der Waals surface area contributed by atoms with Crippen molar-refractivity contribution in [3.8, 4) is 11.5 Å². The summed E-state index contributed by atoms with van der Waals surface area (Å²) in [6.07, 6.45) is -1.27. The molecule has 3 aromatic rings. The normalized spacial score (nSPS) is 11.5. The quantitative estimate of drug-likeness (QED) is 0.630. The second-order valence-electron chi connectivity index (χ2n) is 5.86. The van der Waals surface area contributed by atoms with Crippen LogP contribution >= 0.6 is 0 Å². The molecule has 2 N–H and O–H groups in total. The Balaban J connectivity index is 1.87. The molecule has 0 bridgehead atoms. The molecule has 0 aliphatic heterocycles. The molecule has 0 aliphatic rings. The largest absolute Gasteiger partial charge is 0.504 e. The van der Waals surface area contributed by atoms with E-state index >= 15 is 0 Å². The Morgan fingerprint density at radius 1 is 1.14 bits per heavy atom. The Morgan fingerprint density at radius 3 is 2.54 bits per heavy atom. The Bertz CT molecular complexity index is 983. The van der Waals surface area contributed by atoms with Crippen LogP contribution in [0.4, 0.5) is 5.82 Å². The number of hydrogen-bond acceptors (Lipinski definition) is 7. The van der Waals surface area contributed by atoms with Crippen LogP contribution in [0.15, 0.2) is 59.1 Å². The number of methoxy groups -OCH3 is 1. The highest BCUT2D eigenvalue weighted by molar-refractivity contribution is 5.99. The number of aromatic nitrogens is 1. The standard InChI is InChI=1S/C20H18N2O6/c1-12-11-16(22-28-12)21-19(24)18(13-7-4-3-5-8-13)27-20(25)14-9-6-10-15(26-2)17(14)23/h3-11,18,23H,1-2H3,(H,21,22,24). The number of nitrogens with one attached hydrogen (secondary N) is 1. The molecule has 144 valence electrons. The summed E-state index contributed by atoms with van der Waals surface area (Å²) in [5.41, 5.74) is 0.335. The lowest BCUT2D eigenvalue weighted by Crippen LogP contribution is -2.26. The summed E-state index contributed by atoms with van der Waals surface area (Å²) in [7, 11) is 1.37. The Morgan fingerprint density at radius 2 is 1.89 bits per heavy atom. The minimum atomic E-state index is -1.27. The highest BCUT2D eigenvalue weighted by Gasteiger charge is 2.28. The van der Waals surface area contributed by atoms with E-state index in [1.807, 2.05) is 0 Å². The van der Waals surface area contributed by atoms with Gasteiger partial charge in [0.05, 0.1) is 7.11 Å². The molecule has 8 nitrogen and oxygen atoms in total. The number of amides is 1. The molecule has 0 saturated heterocycles. The third-order valence-electron chi connectivity index (χ3n) is 3.88. The molecule has 0 fully saturated rings. The third-order valence-corrected chi connectivity index (χ3v) is 3.88.